The maximum absolute atomic E-state index is 12.5. The number of anilines is 1. The molecule has 2 aliphatic rings. The van der Waals surface area contributed by atoms with Gasteiger partial charge in [0.1, 0.15) is 0 Å². The van der Waals surface area contributed by atoms with E-state index in [9.17, 15) is 4.79 Å². The van der Waals surface area contributed by atoms with Crippen LogP contribution >= 0.6 is 12.4 Å². The Bertz CT molecular complexity index is 578. The fraction of sp³-hybridized carbons (Fsp3) is 0.632. The third kappa shape index (κ3) is 4.11. The minimum absolute atomic E-state index is 0. The minimum atomic E-state index is 0. The van der Waals surface area contributed by atoms with E-state index in [1.54, 1.807) is 0 Å². The van der Waals surface area contributed by atoms with E-state index in [-0.39, 0.29) is 18.3 Å². The molecule has 0 radical (unpaired) electrons. The van der Waals surface area contributed by atoms with E-state index in [0.717, 1.165) is 37.2 Å². The quantitative estimate of drug-likeness (QED) is 0.876. The molecule has 1 aliphatic carbocycles. The number of amides is 1. The number of nitrogens with one attached hydrogen (secondary N) is 1. The highest BCUT2D eigenvalue weighted by Crippen LogP contribution is 2.35. The molecule has 0 spiro atoms. The van der Waals surface area contributed by atoms with Crippen molar-refractivity contribution in [2.75, 3.05) is 25.0 Å². The Labute approximate surface area is 151 Å². The van der Waals surface area contributed by atoms with Crippen LogP contribution in [0.5, 0.6) is 0 Å². The lowest BCUT2D eigenvalue weighted by molar-refractivity contribution is -0.117. The largest absolute Gasteiger partial charge is 0.327 e. The second kappa shape index (κ2) is 8.32. The van der Waals surface area contributed by atoms with E-state index in [1.807, 2.05) is 0 Å². The zero-order valence-corrected chi connectivity index (χ0v) is 15.6. The maximum Gasteiger partial charge on any atom is 0.238 e. The van der Waals surface area contributed by atoms with Crippen LogP contribution in [0.4, 0.5) is 5.69 Å². The zero-order valence-electron chi connectivity index (χ0n) is 14.8. The van der Waals surface area contributed by atoms with Crippen molar-refractivity contribution in [2.24, 2.45) is 17.6 Å². The fourth-order valence-corrected chi connectivity index (χ4v) is 4.32. The number of carbonyl (C=O) groups excluding carboxylic acids is 1. The number of likely N-dealkylation sites (tertiary alicyclic amines) is 1. The summed E-state index contributed by atoms with van der Waals surface area (Å²) >= 11 is 0. The van der Waals surface area contributed by atoms with E-state index in [2.05, 4.69) is 42.3 Å². The molecule has 1 aliphatic heterocycles. The molecule has 3 rings (SSSR count). The monoisotopic (exact) mass is 351 g/mol. The molecule has 1 aromatic rings. The molecule has 0 aromatic heterocycles. The van der Waals surface area contributed by atoms with Gasteiger partial charge in [0, 0.05) is 24.8 Å². The van der Waals surface area contributed by atoms with Crippen molar-refractivity contribution >= 4 is 24.0 Å². The number of nitrogens with zero attached hydrogens (tertiary/aromatic N) is 1. The van der Waals surface area contributed by atoms with Gasteiger partial charge in [0.15, 0.2) is 0 Å². The number of fused-ring (bicyclic) bond motifs is 1. The molecular weight excluding hydrogens is 322 g/mol. The first-order chi connectivity index (χ1) is 11.1. The van der Waals surface area contributed by atoms with E-state index in [1.165, 1.54) is 18.4 Å². The van der Waals surface area contributed by atoms with Gasteiger partial charge >= 0.3 is 0 Å². The highest BCUT2D eigenvalue weighted by molar-refractivity contribution is 5.93. The van der Waals surface area contributed by atoms with Gasteiger partial charge in [-0.3, -0.25) is 9.69 Å². The first-order valence-corrected chi connectivity index (χ1v) is 8.94. The molecular formula is C19H30ClN3O. The first kappa shape index (κ1) is 19.2. The highest BCUT2D eigenvalue weighted by atomic mass is 35.5. The number of halogens is 1. The van der Waals surface area contributed by atoms with Gasteiger partial charge in [-0.1, -0.05) is 31.5 Å². The molecule has 4 nitrogen and oxygen atoms in total. The van der Waals surface area contributed by atoms with Crippen LogP contribution in [0, 0.1) is 18.8 Å². The Kier molecular flexibility index (Phi) is 6.67. The van der Waals surface area contributed by atoms with Crippen molar-refractivity contribution in [3.63, 3.8) is 0 Å². The highest BCUT2D eigenvalue weighted by Gasteiger charge is 2.39. The van der Waals surface area contributed by atoms with Gasteiger partial charge in [0.2, 0.25) is 5.91 Å². The summed E-state index contributed by atoms with van der Waals surface area (Å²) in [7, 11) is 0. The van der Waals surface area contributed by atoms with Gasteiger partial charge in [-0.05, 0) is 49.1 Å². The molecule has 3 N–H and O–H groups in total. The summed E-state index contributed by atoms with van der Waals surface area (Å²) in [6.07, 6.45) is 4.59. The lowest BCUT2D eigenvalue weighted by Gasteiger charge is -2.29. The van der Waals surface area contributed by atoms with Crippen LogP contribution in [0.1, 0.15) is 37.3 Å². The number of carbonyl (C=O) groups is 1. The van der Waals surface area contributed by atoms with Crippen molar-refractivity contribution < 1.29 is 4.79 Å². The van der Waals surface area contributed by atoms with Crippen LogP contribution < -0.4 is 11.1 Å². The van der Waals surface area contributed by atoms with Gasteiger partial charge < -0.3 is 11.1 Å². The van der Waals surface area contributed by atoms with E-state index < -0.39 is 0 Å². The van der Waals surface area contributed by atoms with Crippen molar-refractivity contribution in [3.8, 4) is 0 Å². The number of nitrogens with two attached hydrogens (primary N) is 1. The van der Waals surface area contributed by atoms with Crippen LogP contribution in [0.3, 0.4) is 0 Å². The molecule has 1 heterocycles. The topological polar surface area (TPSA) is 58.4 Å². The summed E-state index contributed by atoms with van der Waals surface area (Å²) in [6, 6.07) is 6.52. The summed E-state index contributed by atoms with van der Waals surface area (Å²) in [5, 5.41) is 3.14. The van der Waals surface area contributed by atoms with Crippen molar-refractivity contribution in [1.29, 1.82) is 0 Å². The molecule has 1 amide bonds. The minimum Gasteiger partial charge on any atom is -0.327 e. The SMILES string of the molecule is CCc1cccc(C)c1NC(=O)CN1CC2CCCC(N)C2C1.Cl. The number of hydrogen-bond donors (Lipinski definition) is 2. The standard InChI is InChI=1S/C19H29N3O.ClH/c1-3-14-7-4-6-13(2)19(14)21-18(23)12-22-10-15-8-5-9-17(20)16(15)11-22;/h4,6-7,15-17H,3,5,8-12,20H2,1-2H3,(H,21,23);1H. The Hall–Kier alpha value is -1.10. The maximum atomic E-state index is 12.5. The van der Waals surface area contributed by atoms with Crippen LogP contribution in [-0.2, 0) is 11.2 Å². The molecule has 1 saturated carbocycles. The second-order valence-electron chi connectivity index (χ2n) is 7.22. The Morgan fingerprint density at radius 3 is 2.83 bits per heavy atom. The number of rotatable bonds is 4. The first-order valence-electron chi connectivity index (χ1n) is 8.94. The van der Waals surface area contributed by atoms with Gasteiger partial charge in [0.25, 0.3) is 0 Å². The van der Waals surface area contributed by atoms with Crippen molar-refractivity contribution in [3.05, 3.63) is 29.3 Å². The Morgan fingerprint density at radius 2 is 2.12 bits per heavy atom. The van der Waals surface area contributed by atoms with Crippen molar-refractivity contribution in [2.45, 2.75) is 45.6 Å². The average Bonchev–Trinajstić information content (AvgIpc) is 2.93. The van der Waals surface area contributed by atoms with E-state index in [4.69, 9.17) is 5.73 Å². The number of hydrogen-bond acceptors (Lipinski definition) is 3. The summed E-state index contributed by atoms with van der Waals surface area (Å²) in [5.41, 5.74) is 9.60. The van der Waals surface area contributed by atoms with E-state index >= 15 is 0 Å². The molecule has 2 fully saturated rings. The van der Waals surface area contributed by atoms with Gasteiger partial charge in [-0.15, -0.1) is 12.4 Å². The molecule has 3 atom stereocenters. The predicted molar refractivity (Wildman–Crippen MR) is 102 cm³/mol. The van der Waals surface area contributed by atoms with Crippen LogP contribution in [0.2, 0.25) is 0 Å². The van der Waals surface area contributed by atoms with Crippen LogP contribution in [0.25, 0.3) is 0 Å². The molecule has 5 heteroatoms. The van der Waals surface area contributed by atoms with Crippen molar-refractivity contribution in [1.82, 2.24) is 4.90 Å². The molecule has 1 aromatic carbocycles. The normalized spacial score (nSPS) is 26.5. The van der Waals surface area contributed by atoms with E-state index in [0.29, 0.717) is 24.4 Å². The fourth-order valence-electron chi connectivity index (χ4n) is 4.32. The smallest absolute Gasteiger partial charge is 0.238 e. The summed E-state index contributed by atoms with van der Waals surface area (Å²) in [6.45, 7) is 6.67. The zero-order chi connectivity index (χ0) is 16.4. The van der Waals surface area contributed by atoms with Crippen LogP contribution in [0.15, 0.2) is 18.2 Å². The predicted octanol–water partition coefficient (Wildman–Crippen LogP) is 2.98. The molecule has 1 saturated heterocycles. The van der Waals surface area contributed by atoms with Gasteiger partial charge in [-0.25, -0.2) is 0 Å². The molecule has 134 valence electrons. The third-order valence-corrected chi connectivity index (χ3v) is 5.60. The van der Waals surface area contributed by atoms with Gasteiger partial charge in [0.05, 0.1) is 6.54 Å². The lowest BCUT2D eigenvalue weighted by atomic mass is 9.78. The van der Waals surface area contributed by atoms with Crippen LogP contribution in [-0.4, -0.2) is 36.5 Å². The van der Waals surface area contributed by atoms with Gasteiger partial charge in [-0.2, -0.15) is 0 Å². The Morgan fingerprint density at radius 1 is 1.33 bits per heavy atom. The number of benzene rings is 1. The lowest BCUT2D eigenvalue weighted by Crippen LogP contribution is -2.38. The molecule has 0 bridgehead atoms. The Balaban J connectivity index is 0.00000208. The summed E-state index contributed by atoms with van der Waals surface area (Å²) in [4.78, 5) is 14.8. The molecule has 3 unspecified atom stereocenters. The summed E-state index contributed by atoms with van der Waals surface area (Å²) in [5.74, 6) is 1.37. The number of aryl methyl sites for hydroxylation is 2. The number of para-hydroxylation sites is 1. The average molecular weight is 352 g/mol. The summed E-state index contributed by atoms with van der Waals surface area (Å²) < 4.78 is 0. The third-order valence-electron chi connectivity index (χ3n) is 5.60. The molecule has 24 heavy (non-hydrogen) atoms. The second-order valence-corrected chi connectivity index (χ2v) is 7.22.